The fourth-order valence-electron chi connectivity index (χ4n) is 2.28. The number of para-hydroxylation sites is 1. The second-order valence-electron chi connectivity index (χ2n) is 4.67. The van der Waals surface area contributed by atoms with Gasteiger partial charge in [-0.3, -0.25) is 4.99 Å². The van der Waals surface area contributed by atoms with Crippen molar-refractivity contribution in [3.05, 3.63) is 29.8 Å². The van der Waals surface area contributed by atoms with Crippen molar-refractivity contribution in [1.82, 2.24) is 0 Å². The zero-order chi connectivity index (χ0) is 12.2. The summed E-state index contributed by atoms with van der Waals surface area (Å²) in [5.74, 6) is 1.04. The molecule has 1 saturated heterocycles. The Kier molecular flexibility index (Phi) is 3.86. The van der Waals surface area contributed by atoms with Gasteiger partial charge < -0.3 is 10.1 Å². The molecule has 1 atom stereocenters. The van der Waals surface area contributed by atoms with Gasteiger partial charge in [-0.05, 0) is 18.9 Å². The van der Waals surface area contributed by atoms with Crippen LogP contribution >= 0.6 is 11.8 Å². The number of benzene rings is 1. The van der Waals surface area contributed by atoms with Crippen molar-refractivity contribution in [3.63, 3.8) is 0 Å². The molecule has 0 saturated carbocycles. The van der Waals surface area contributed by atoms with Crippen LogP contribution in [0.3, 0.4) is 0 Å². The van der Waals surface area contributed by atoms with Crippen molar-refractivity contribution >= 4 is 23.7 Å². The fourth-order valence-corrected chi connectivity index (χ4v) is 3.43. The highest BCUT2D eigenvalue weighted by atomic mass is 32.2. The van der Waals surface area contributed by atoms with Crippen molar-refractivity contribution in [3.8, 4) is 0 Å². The summed E-state index contributed by atoms with van der Waals surface area (Å²) in [6, 6.07) is 8.32. The molecule has 0 spiro atoms. The Morgan fingerprint density at radius 1 is 1.28 bits per heavy atom. The van der Waals surface area contributed by atoms with Gasteiger partial charge in [-0.15, -0.1) is 0 Å². The Morgan fingerprint density at radius 2 is 2.11 bits per heavy atom. The minimum absolute atomic E-state index is 0.216. The zero-order valence-corrected chi connectivity index (χ0v) is 11.2. The van der Waals surface area contributed by atoms with E-state index in [2.05, 4.69) is 28.5 Å². The van der Waals surface area contributed by atoms with Gasteiger partial charge in [0.05, 0.1) is 0 Å². The first-order valence-corrected chi connectivity index (χ1v) is 7.55. The first-order valence-electron chi connectivity index (χ1n) is 6.50. The topological polar surface area (TPSA) is 33.6 Å². The minimum atomic E-state index is 0.216. The van der Waals surface area contributed by atoms with Crippen LogP contribution in [-0.2, 0) is 4.74 Å². The van der Waals surface area contributed by atoms with E-state index < -0.39 is 0 Å². The molecular weight excluding hydrogens is 244 g/mol. The average Bonchev–Trinajstić information content (AvgIpc) is 2.46. The third kappa shape index (κ3) is 2.87. The van der Waals surface area contributed by atoms with Crippen LogP contribution in [-0.4, -0.2) is 36.6 Å². The van der Waals surface area contributed by atoms with Gasteiger partial charge in [-0.2, -0.15) is 11.8 Å². The molecule has 96 valence electrons. The lowest BCUT2D eigenvalue weighted by Gasteiger charge is -2.25. The summed E-state index contributed by atoms with van der Waals surface area (Å²) in [6.45, 7) is 1.84. The van der Waals surface area contributed by atoms with Crippen LogP contribution in [0, 0.1) is 0 Å². The molecule has 1 aromatic carbocycles. The van der Waals surface area contributed by atoms with E-state index in [1.165, 1.54) is 24.1 Å². The maximum atomic E-state index is 5.38. The van der Waals surface area contributed by atoms with E-state index in [9.17, 15) is 0 Å². The Morgan fingerprint density at radius 3 is 3.00 bits per heavy atom. The standard InChI is InChI=1S/C14H18N2OS/c1-2-4-13-11(3-1)9-15-14(16-13)10-18-12-5-7-17-8-6-12/h1-4,9,12,14,16H,5-8,10H2. The van der Waals surface area contributed by atoms with Crippen molar-refractivity contribution < 1.29 is 4.74 Å². The number of ether oxygens (including phenoxy) is 1. The zero-order valence-electron chi connectivity index (χ0n) is 10.3. The molecule has 0 radical (unpaired) electrons. The summed E-state index contributed by atoms with van der Waals surface area (Å²) in [5, 5.41) is 4.23. The summed E-state index contributed by atoms with van der Waals surface area (Å²) < 4.78 is 5.38. The van der Waals surface area contributed by atoms with Crippen LogP contribution in [0.1, 0.15) is 18.4 Å². The first kappa shape index (κ1) is 12.1. The summed E-state index contributed by atoms with van der Waals surface area (Å²) in [7, 11) is 0. The molecule has 3 nitrogen and oxygen atoms in total. The molecule has 0 bridgehead atoms. The van der Waals surface area contributed by atoms with Crippen molar-refractivity contribution in [1.29, 1.82) is 0 Å². The second-order valence-corrected chi connectivity index (χ2v) is 6.00. The molecule has 1 aromatic rings. The maximum Gasteiger partial charge on any atom is 0.127 e. The molecule has 1 unspecified atom stereocenters. The number of hydrogen-bond acceptors (Lipinski definition) is 4. The van der Waals surface area contributed by atoms with Gasteiger partial charge in [0.1, 0.15) is 6.17 Å². The lowest BCUT2D eigenvalue weighted by molar-refractivity contribution is 0.1000. The van der Waals surface area contributed by atoms with E-state index in [-0.39, 0.29) is 6.17 Å². The predicted molar refractivity (Wildman–Crippen MR) is 77.7 cm³/mol. The van der Waals surface area contributed by atoms with E-state index in [4.69, 9.17) is 4.74 Å². The lowest BCUT2D eigenvalue weighted by atomic mass is 10.1. The molecule has 0 aromatic heterocycles. The number of hydrogen-bond donors (Lipinski definition) is 1. The maximum absolute atomic E-state index is 5.38. The second kappa shape index (κ2) is 5.76. The molecule has 0 aliphatic carbocycles. The smallest absolute Gasteiger partial charge is 0.127 e. The Labute approximate surface area is 112 Å². The molecular formula is C14H18N2OS. The molecule has 3 rings (SSSR count). The number of nitrogens with zero attached hydrogens (tertiary/aromatic N) is 1. The largest absolute Gasteiger partial charge is 0.381 e. The van der Waals surface area contributed by atoms with E-state index in [1.807, 2.05) is 24.0 Å². The van der Waals surface area contributed by atoms with Crippen LogP contribution in [0.15, 0.2) is 29.3 Å². The molecule has 0 amide bonds. The monoisotopic (exact) mass is 262 g/mol. The molecule has 2 heterocycles. The summed E-state index contributed by atoms with van der Waals surface area (Å²) >= 11 is 2.02. The number of aliphatic imine (C=N–C) groups is 1. The van der Waals surface area contributed by atoms with Crippen molar-refractivity contribution in [2.24, 2.45) is 4.99 Å². The third-order valence-corrected chi connectivity index (χ3v) is 4.79. The Hall–Kier alpha value is -1.00. The number of rotatable bonds is 3. The van der Waals surface area contributed by atoms with Crippen LogP contribution < -0.4 is 5.32 Å². The molecule has 1 fully saturated rings. The van der Waals surface area contributed by atoms with Crippen molar-refractivity contribution in [2.45, 2.75) is 24.3 Å². The normalized spacial score (nSPS) is 23.4. The van der Waals surface area contributed by atoms with Crippen LogP contribution in [0.2, 0.25) is 0 Å². The molecule has 2 aliphatic rings. The highest BCUT2D eigenvalue weighted by molar-refractivity contribution is 7.99. The van der Waals surface area contributed by atoms with E-state index in [0.29, 0.717) is 0 Å². The van der Waals surface area contributed by atoms with Gasteiger partial charge >= 0.3 is 0 Å². The quantitative estimate of drug-likeness (QED) is 0.909. The first-order chi connectivity index (χ1) is 8.92. The Balaban J connectivity index is 1.53. The predicted octanol–water partition coefficient (Wildman–Crippen LogP) is 2.77. The third-order valence-electron chi connectivity index (χ3n) is 3.33. The molecule has 4 heteroatoms. The van der Waals surface area contributed by atoms with Gasteiger partial charge in [0.25, 0.3) is 0 Å². The highest BCUT2D eigenvalue weighted by Gasteiger charge is 2.18. The van der Waals surface area contributed by atoms with Crippen LogP contribution in [0.5, 0.6) is 0 Å². The Bertz CT molecular complexity index is 430. The van der Waals surface area contributed by atoms with Crippen LogP contribution in [0.25, 0.3) is 0 Å². The lowest BCUT2D eigenvalue weighted by Crippen LogP contribution is -2.26. The summed E-state index contributed by atoms with van der Waals surface area (Å²) in [4.78, 5) is 4.57. The number of nitrogens with one attached hydrogen (secondary N) is 1. The summed E-state index contributed by atoms with van der Waals surface area (Å²) in [5.41, 5.74) is 2.38. The molecule has 2 aliphatic heterocycles. The fraction of sp³-hybridized carbons (Fsp3) is 0.500. The SMILES string of the molecule is C1=NC(CSC2CCOCC2)Nc2ccccc21. The van der Waals surface area contributed by atoms with Gasteiger partial charge in [0.15, 0.2) is 0 Å². The summed E-state index contributed by atoms with van der Waals surface area (Å²) in [6.07, 6.45) is 4.56. The van der Waals surface area contributed by atoms with E-state index in [1.54, 1.807) is 0 Å². The average molecular weight is 262 g/mol. The van der Waals surface area contributed by atoms with E-state index >= 15 is 0 Å². The van der Waals surface area contributed by atoms with Gasteiger partial charge in [-0.25, -0.2) is 0 Å². The highest BCUT2D eigenvalue weighted by Crippen LogP contribution is 2.25. The van der Waals surface area contributed by atoms with E-state index in [0.717, 1.165) is 24.2 Å². The number of anilines is 1. The van der Waals surface area contributed by atoms with Gasteiger partial charge in [-0.1, -0.05) is 18.2 Å². The molecule has 1 N–H and O–H groups in total. The number of fused-ring (bicyclic) bond motifs is 1. The van der Waals surface area contributed by atoms with Crippen molar-refractivity contribution in [2.75, 3.05) is 24.3 Å². The molecule has 18 heavy (non-hydrogen) atoms. The minimum Gasteiger partial charge on any atom is -0.381 e. The van der Waals surface area contributed by atoms with Gasteiger partial charge in [0, 0.05) is 41.7 Å². The number of thioether (sulfide) groups is 1. The van der Waals surface area contributed by atoms with Crippen LogP contribution in [0.4, 0.5) is 5.69 Å². The van der Waals surface area contributed by atoms with Gasteiger partial charge in [0.2, 0.25) is 0 Å².